The standard InChI is InChI=1S/C12H17NS/c1-13-8-10-2-4-11(5-3-10)12-6-7-14-9-12/h2-5,12-13H,6-9H2,1H3. The average molecular weight is 207 g/mol. The summed E-state index contributed by atoms with van der Waals surface area (Å²) in [5, 5.41) is 3.17. The first-order chi connectivity index (χ1) is 6.90. The molecule has 76 valence electrons. The molecule has 2 heteroatoms. The predicted octanol–water partition coefficient (Wildman–Crippen LogP) is 2.63. The Morgan fingerprint density at radius 3 is 2.71 bits per heavy atom. The van der Waals surface area contributed by atoms with Crippen LogP contribution < -0.4 is 5.32 Å². The Morgan fingerprint density at radius 2 is 2.14 bits per heavy atom. The van der Waals surface area contributed by atoms with Gasteiger partial charge < -0.3 is 5.32 Å². The second-order valence-corrected chi connectivity index (χ2v) is 4.98. The molecule has 0 spiro atoms. The van der Waals surface area contributed by atoms with Gasteiger partial charge in [0.25, 0.3) is 0 Å². The molecule has 2 rings (SSSR count). The van der Waals surface area contributed by atoms with E-state index in [1.807, 2.05) is 7.05 Å². The topological polar surface area (TPSA) is 12.0 Å². The van der Waals surface area contributed by atoms with Crippen LogP contribution in [0.4, 0.5) is 0 Å². The van der Waals surface area contributed by atoms with E-state index < -0.39 is 0 Å². The molecule has 14 heavy (non-hydrogen) atoms. The Labute approximate surface area is 90.3 Å². The molecule has 0 aromatic heterocycles. The molecule has 0 radical (unpaired) electrons. The smallest absolute Gasteiger partial charge is 0.0202 e. The van der Waals surface area contributed by atoms with Gasteiger partial charge in [-0.15, -0.1) is 0 Å². The number of benzene rings is 1. The zero-order chi connectivity index (χ0) is 9.80. The molecule has 1 atom stereocenters. The van der Waals surface area contributed by atoms with Crippen molar-refractivity contribution in [1.82, 2.24) is 5.32 Å². The maximum atomic E-state index is 3.17. The summed E-state index contributed by atoms with van der Waals surface area (Å²) in [6.07, 6.45) is 1.36. The van der Waals surface area contributed by atoms with Gasteiger partial charge in [0.05, 0.1) is 0 Å². The molecule has 1 heterocycles. The minimum absolute atomic E-state index is 0.809. The lowest BCUT2D eigenvalue weighted by atomic mass is 9.98. The van der Waals surface area contributed by atoms with Crippen molar-refractivity contribution in [2.75, 3.05) is 18.6 Å². The van der Waals surface area contributed by atoms with Gasteiger partial charge in [0.2, 0.25) is 0 Å². The van der Waals surface area contributed by atoms with Crippen molar-refractivity contribution in [3.63, 3.8) is 0 Å². The van der Waals surface area contributed by atoms with Crippen LogP contribution in [0.5, 0.6) is 0 Å². The quantitative estimate of drug-likeness (QED) is 0.817. The highest BCUT2D eigenvalue weighted by Gasteiger charge is 2.16. The Kier molecular flexibility index (Phi) is 3.49. The van der Waals surface area contributed by atoms with Gasteiger partial charge >= 0.3 is 0 Å². The van der Waals surface area contributed by atoms with E-state index in [0.717, 1.165) is 12.5 Å². The fourth-order valence-electron chi connectivity index (χ4n) is 1.91. The van der Waals surface area contributed by atoms with Crippen LogP contribution >= 0.6 is 11.8 Å². The van der Waals surface area contributed by atoms with Crippen LogP contribution in [-0.2, 0) is 6.54 Å². The van der Waals surface area contributed by atoms with Crippen LogP contribution in [0.3, 0.4) is 0 Å². The highest BCUT2D eigenvalue weighted by atomic mass is 32.2. The third-order valence-electron chi connectivity index (χ3n) is 2.76. The van der Waals surface area contributed by atoms with Gasteiger partial charge in [-0.1, -0.05) is 24.3 Å². The van der Waals surface area contributed by atoms with Crippen molar-refractivity contribution in [1.29, 1.82) is 0 Å². The molecule has 1 fully saturated rings. The first-order valence-electron chi connectivity index (χ1n) is 5.21. The van der Waals surface area contributed by atoms with Crippen molar-refractivity contribution >= 4 is 11.8 Å². The van der Waals surface area contributed by atoms with Gasteiger partial charge in [-0.3, -0.25) is 0 Å². The zero-order valence-electron chi connectivity index (χ0n) is 8.62. The zero-order valence-corrected chi connectivity index (χ0v) is 9.44. The molecule has 1 unspecified atom stereocenters. The number of thioether (sulfide) groups is 1. The van der Waals surface area contributed by atoms with Gasteiger partial charge in [-0.05, 0) is 36.3 Å². The summed E-state index contributed by atoms with van der Waals surface area (Å²) in [6.45, 7) is 0.972. The Morgan fingerprint density at radius 1 is 1.36 bits per heavy atom. The summed E-state index contributed by atoms with van der Waals surface area (Å²) >= 11 is 2.08. The van der Waals surface area contributed by atoms with Crippen LogP contribution in [-0.4, -0.2) is 18.6 Å². The molecule has 1 saturated heterocycles. The fraction of sp³-hybridized carbons (Fsp3) is 0.500. The van der Waals surface area contributed by atoms with E-state index >= 15 is 0 Å². The number of hydrogen-bond donors (Lipinski definition) is 1. The third-order valence-corrected chi connectivity index (χ3v) is 3.92. The molecule has 0 aliphatic carbocycles. The van der Waals surface area contributed by atoms with Crippen LogP contribution in [0.1, 0.15) is 23.5 Å². The van der Waals surface area contributed by atoms with Crippen LogP contribution in [0.2, 0.25) is 0 Å². The molecule has 0 amide bonds. The first-order valence-corrected chi connectivity index (χ1v) is 6.37. The summed E-state index contributed by atoms with van der Waals surface area (Å²) < 4.78 is 0. The third kappa shape index (κ3) is 2.31. The largest absolute Gasteiger partial charge is 0.316 e. The van der Waals surface area contributed by atoms with Crippen LogP contribution in [0, 0.1) is 0 Å². The van der Waals surface area contributed by atoms with Crippen molar-refractivity contribution in [3.05, 3.63) is 35.4 Å². The lowest BCUT2D eigenvalue weighted by molar-refractivity contribution is 0.777. The number of hydrogen-bond acceptors (Lipinski definition) is 2. The van der Waals surface area contributed by atoms with E-state index in [9.17, 15) is 0 Å². The fourth-order valence-corrected chi connectivity index (χ4v) is 3.17. The van der Waals surface area contributed by atoms with Crippen molar-refractivity contribution in [2.45, 2.75) is 18.9 Å². The maximum Gasteiger partial charge on any atom is 0.0202 e. The van der Waals surface area contributed by atoms with Crippen molar-refractivity contribution in [3.8, 4) is 0 Å². The maximum absolute atomic E-state index is 3.17. The average Bonchev–Trinajstić information content (AvgIpc) is 2.72. The summed E-state index contributed by atoms with van der Waals surface area (Å²) in [5.41, 5.74) is 2.90. The van der Waals surface area contributed by atoms with Gasteiger partial charge in [0.15, 0.2) is 0 Å². The first kappa shape index (κ1) is 10.1. The highest BCUT2D eigenvalue weighted by molar-refractivity contribution is 7.99. The molecule has 1 aliphatic rings. The molecule has 1 N–H and O–H groups in total. The Bertz CT molecular complexity index is 275. The van der Waals surface area contributed by atoms with E-state index in [2.05, 4.69) is 41.3 Å². The van der Waals surface area contributed by atoms with Crippen molar-refractivity contribution < 1.29 is 0 Å². The molecule has 0 saturated carbocycles. The normalized spacial score (nSPS) is 21.4. The van der Waals surface area contributed by atoms with Gasteiger partial charge in [-0.25, -0.2) is 0 Å². The molecular formula is C12H17NS. The van der Waals surface area contributed by atoms with E-state index in [-0.39, 0.29) is 0 Å². The monoisotopic (exact) mass is 207 g/mol. The van der Waals surface area contributed by atoms with E-state index in [1.165, 1.54) is 29.1 Å². The summed E-state index contributed by atoms with van der Waals surface area (Å²) in [7, 11) is 1.99. The molecule has 1 aliphatic heterocycles. The molecule has 0 bridgehead atoms. The highest BCUT2D eigenvalue weighted by Crippen LogP contribution is 2.32. The summed E-state index contributed by atoms with van der Waals surface area (Å²) in [6, 6.07) is 9.08. The predicted molar refractivity (Wildman–Crippen MR) is 63.9 cm³/mol. The van der Waals surface area contributed by atoms with E-state index in [4.69, 9.17) is 0 Å². The van der Waals surface area contributed by atoms with Gasteiger partial charge in [0, 0.05) is 12.3 Å². The molecule has 1 aromatic rings. The molecule has 1 nitrogen and oxygen atoms in total. The number of rotatable bonds is 3. The number of nitrogens with one attached hydrogen (secondary N) is 1. The van der Waals surface area contributed by atoms with Crippen molar-refractivity contribution in [2.24, 2.45) is 0 Å². The lowest BCUT2D eigenvalue weighted by Crippen LogP contribution is -2.05. The Balaban J connectivity index is 2.05. The second kappa shape index (κ2) is 4.85. The molecular weight excluding hydrogens is 190 g/mol. The van der Waals surface area contributed by atoms with Gasteiger partial charge in [0.1, 0.15) is 0 Å². The summed E-state index contributed by atoms with van der Waals surface area (Å²) in [4.78, 5) is 0. The second-order valence-electron chi connectivity index (χ2n) is 3.83. The van der Waals surface area contributed by atoms with Crippen LogP contribution in [0.15, 0.2) is 24.3 Å². The Hall–Kier alpha value is -0.470. The van der Waals surface area contributed by atoms with Gasteiger partial charge in [-0.2, -0.15) is 11.8 Å². The molecule has 1 aromatic carbocycles. The van der Waals surface area contributed by atoms with E-state index in [1.54, 1.807) is 0 Å². The lowest BCUT2D eigenvalue weighted by Gasteiger charge is -2.09. The minimum atomic E-state index is 0.809. The SMILES string of the molecule is CNCc1ccc(C2CCSC2)cc1. The summed E-state index contributed by atoms with van der Waals surface area (Å²) in [5.74, 6) is 3.46. The van der Waals surface area contributed by atoms with Crippen LogP contribution in [0.25, 0.3) is 0 Å². The van der Waals surface area contributed by atoms with E-state index in [0.29, 0.717) is 0 Å². The minimum Gasteiger partial charge on any atom is -0.316 e.